The summed E-state index contributed by atoms with van der Waals surface area (Å²) in [5.74, 6) is -0.873. The molecule has 0 aromatic carbocycles. The zero-order valence-electron chi connectivity index (χ0n) is 10.6. The fraction of sp³-hybridized carbons (Fsp3) is 0.727. The van der Waals surface area contributed by atoms with Crippen LogP contribution in [0.15, 0.2) is 0 Å². The molecular formula is C11H19N3O5. The molecule has 1 aliphatic carbocycles. The van der Waals surface area contributed by atoms with Crippen molar-refractivity contribution in [1.82, 2.24) is 10.6 Å². The zero-order valence-corrected chi connectivity index (χ0v) is 10.6. The van der Waals surface area contributed by atoms with E-state index in [1.807, 2.05) is 0 Å². The Morgan fingerprint density at radius 1 is 1.21 bits per heavy atom. The fourth-order valence-corrected chi connectivity index (χ4v) is 2.15. The van der Waals surface area contributed by atoms with Crippen molar-refractivity contribution < 1.29 is 24.2 Å². The molecule has 19 heavy (non-hydrogen) atoms. The van der Waals surface area contributed by atoms with Crippen LogP contribution >= 0.6 is 0 Å². The molecule has 108 valence electrons. The number of rotatable bonds is 6. The van der Waals surface area contributed by atoms with E-state index in [0.717, 1.165) is 12.8 Å². The number of carboxylic acids is 1. The predicted octanol–water partition coefficient (Wildman–Crippen LogP) is 0.0259. The van der Waals surface area contributed by atoms with Gasteiger partial charge in [0, 0.05) is 6.54 Å². The number of nitrogens with one attached hydrogen (secondary N) is 2. The maximum atomic E-state index is 11.4. The number of ether oxygens (including phenoxy) is 1. The highest BCUT2D eigenvalue weighted by Gasteiger charge is 2.41. The third kappa shape index (κ3) is 4.65. The first kappa shape index (κ1) is 15.1. The molecule has 8 heteroatoms. The lowest BCUT2D eigenvalue weighted by molar-refractivity contribution is -0.148. The van der Waals surface area contributed by atoms with Gasteiger partial charge >= 0.3 is 18.1 Å². The van der Waals surface area contributed by atoms with E-state index in [9.17, 15) is 19.5 Å². The summed E-state index contributed by atoms with van der Waals surface area (Å²) in [5.41, 5.74) is 3.90. The summed E-state index contributed by atoms with van der Waals surface area (Å²) >= 11 is 0. The first-order valence-corrected chi connectivity index (χ1v) is 6.14. The maximum absolute atomic E-state index is 11.4. The molecule has 0 aromatic heterocycles. The number of nitrogens with two attached hydrogens (primary N) is 1. The van der Waals surface area contributed by atoms with E-state index in [4.69, 9.17) is 5.73 Å². The predicted molar refractivity (Wildman–Crippen MR) is 65.5 cm³/mol. The zero-order chi connectivity index (χ0) is 14.3. The molecule has 0 saturated heterocycles. The molecule has 0 radical (unpaired) electrons. The number of aliphatic carboxylic acids is 1. The Kier molecular flexibility index (Phi) is 5.40. The van der Waals surface area contributed by atoms with Gasteiger partial charge in [0.25, 0.3) is 0 Å². The lowest BCUT2D eigenvalue weighted by Gasteiger charge is -2.23. The highest BCUT2D eigenvalue weighted by atomic mass is 16.5. The number of hydrogen-bond donors (Lipinski definition) is 4. The van der Waals surface area contributed by atoms with E-state index in [2.05, 4.69) is 15.4 Å². The van der Waals surface area contributed by atoms with Gasteiger partial charge in [0.1, 0.15) is 6.61 Å². The lowest BCUT2D eigenvalue weighted by Crippen LogP contribution is -2.45. The summed E-state index contributed by atoms with van der Waals surface area (Å²) in [6, 6.07) is -0.486. The molecule has 1 rings (SSSR count). The summed E-state index contributed by atoms with van der Waals surface area (Å²) in [7, 11) is 0. The second-order valence-corrected chi connectivity index (χ2v) is 4.57. The number of urea groups is 1. The SMILES string of the molecule is NC(=O)OCCNC(=O)NCC1(C(=O)O)CCCC1. The van der Waals surface area contributed by atoms with Gasteiger partial charge in [-0.15, -0.1) is 0 Å². The van der Waals surface area contributed by atoms with Crippen molar-refractivity contribution in [2.75, 3.05) is 19.7 Å². The maximum Gasteiger partial charge on any atom is 0.404 e. The Morgan fingerprint density at radius 3 is 2.37 bits per heavy atom. The molecule has 0 aliphatic heterocycles. The summed E-state index contributed by atoms with van der Waals surface area (Å²) in [6.45, 7) is 0.201. The molecule has 1 fully saturated rings. The van der Waals surface area contributed by atoms with Gasteiger partial charge in [-0.1, -0.05) is 12.8 Å². The van der Waals surface area contributed by atoms with Crippen LogP contribution in [-0.4, -0.2) is 42.9 Å². The van der Waals surface area contributed by atoms with Crippen LogP contribution in [0.2, 0.25) is 0 Å². The van der Waals surface area contributed by atoms with Gasteiger partial charge in [-0.25, -0.2) is 9.59 Å². The first-order chi connectivity index (χ1) is 8.96. The minimum Gasteiger partial charge on any atom is -0.481 e. The highest BCUT2D eigenvalue weighted by Crippen LogP contribution is 2.37. The molecule has 3 amide bonds. The Labute approximate surface area is 110 Å². The lowest BCUT2D eigenvalue weighted by atomic mass is 9.86. The van der Waals surface area contributed by atoms with Gasteiger partial charge in [0.05, 0.1) is 12.0 Å². The monoisotopic (exact) mass is 273 g/mol. The standard InChI is InChI=1S/C11H19N3O5/c12-9(17)19-6-5-13-10(18)14-7-11(8(15)16)3-1-2-4-11/h1-7H2,(H2,12,17)(H,15,16)(H2,13,14,18). The van der Waals surface area contributed by atoms with Crippen LogP contribution in [0.4, 0.5) is 9.59 Å². The summed E-state index contributed by atoms with van der Waals surface area (Å²) in [4.78, 5) is 32.9. The van der Waals surface area contributed by atoms with Crippen molar-refractivity contribution in [3.05, 3.63) is 0 Å². The van der Waals surface area contributed by atoms with Crippen LogP contribution in [0.5, 0.6) is 0 Å². The van der Waals surface area contributed by atoms with Crippen molar-refractivity contribution in [2.45, 2.75) is 25.7 Å². The smallest absolute Gasteiger partial charge is 0.404 e. The van der Waals surface area contributed by atoms with Crippen molar-refractivity contribution >= 4 is 18.1 Å². The topological polar surface area (TPSA) is 131 Å². The second kappa shape index (κ2) is 6.81. The Balaban J connectivity index is 2.25. The molecule has 8 nitrogen and oxygen atoms in total. The molecule has 5 N–H and O–H groups in total. The van der Waals surface area contributed by atoms with Crippen LogP contribution in [0.3, 0.4) is 0 Å². The minimum absolute atomic E-state index is 0.0210. The van der Waals surface area contributed by atoms with Gasteiger partial charge < -0.3 is 26.2 Å². The molecule has 1 aliphatic rings. The van der Waals surface area contributed by atoms with Crippen LogP contribution in [-0.2, 0) is 9.53 Å². The number of carbonyl (C=O) groups excluding carboxylic acids is 2. The number of hydrogen-bond acceptors (Lipinski definition) is 4. The van der Waals surface area contributed by atoms with Gasteiger partial charge in [0.2, 0.25) is 0 Å². The summed E-state index contributed by atoms with van der Waals surface area (Å²) in [6.07, 6.45) is 1.98. The molecular weight excluding hydrogens is 254 g/mol. The fourth-order valence-electron chi connectivity index (χ4n) is 2.15. The van der Waals surface area contributed by atoms with Gasteiger partial charge in [-0.3, -0.25) is 4.79 Å². The number of carboxylic acid groups (broad SMARTS) is 1. The molecule has 0 spiro atoms. The van der Waals surface area contributed by atoms with E-state index in [-0.39, 0.29) is 19.7 Å². The third-order valence-corrected chi connectivity index (χ3v) is 3.23. The van der Waals surface area contributed by atoms with Crippen LogP contribution in [0.1, 0.15) is 25.7 Å². The Hall–Kier alpha value is -1.99. The molecule has 0 atom stereocenters. The Morgan fingerprint density at radius 2 is 1.84 bits per heavy atom. The van der Waals surface area contributed by atoms with Crippen LogP contribution in [0.25, 0.3) is 0 Å². The number of carbonyl (C=O) groups is 3. The van der Waals surface area contributed by atoms with Crippen molar-refractivity contribution in [3.8, 4) is 0 Å². The first-order valence-electron chi connectivity index (χ1n) is 6.14. The van der Waals surface area contributed by atoms with Crippen LogP contribution in [0, 0.1) is 5.41 Å². The average molecular weight is 273 g/mol. The van der Waals surface area contributed by atoms with E-state index >= 15 is 0 Å². The normalized spacial score (nSPS) is 16.6. The van der Waals surface area contributed by atoms with E-state index in [0.29, 0.717) is 12.8 Å². The number of amides is 3. The van der Waals surface area contributed by atoms with Crippen molar-refractivity contribution in [3.63, 3.8) is 0 Å². The van der Waals surface area contributed by atoms with Crippen molar-refractivity contribution in [2.24, 2.45) is 11.1 Å². The van der Waals surface area contributed by atoms with Gasteiger partial charge in [-0.05, 0) is 12.8 Å². The van der Waals surface area contributed by atoms with Crippen LogP contribution < -0.4 is 16.4 Å². The minimum atomic E-state index is -0.905. The average Bonchev–Trinajstić information content (AvgIpc) is 2.82. The van der Waals surface area contributed by atoms with Gasteiger partial charge in [-0.2, -0.15) is 0 Å². The molecule has 0 aromatic rings. The molecule has 0 heterocycles. The number of primary amides is 1. The van der Waals surface area contributed by atoms with E-state index in [1.165, 1.54) is 0 Å². The second-order valence-electron chi connectivity index (χ2n) is 4.57. The summed E-state index contributed by atoms with van der Waals surface area (Å²) < 4.78 is 4.43. The molecule has 1 saturated carbocycles. The largest absolute Gasteiger partial charge is 0.481 e. The van der Waals surface area contributed by atoms with E-state index < -0.39 is 23.5 Å². The Bertz CT molecular complexity index is 352. The summed E-state index contributed by atoms with van der Waals surface area (Å²) in [5, 5.41) is 14.2. The quantitative estimate of drug-likeness (QED) is 0.507. The van der Waals surface area contributed by atoms with E-state index in [1.54, 1.807) is 0 Å². The highest BCUT2D eigenvalue weighted by molar-refractivity contribution is 5.78. The third-order valence-electron chi connectivity index (χ3n) is 3.23. The van der Waals surface area contributed by atoms with Gasteiger partial charge in [0.15, 0.2) is 0 Å². The molecule has 0 unspecified atom stereocenters. The molecule has 0 bridgehead atoms. The van der Waals surface area contributed by atoms with Crippen molar-refractivity contribution in [1.29, 1.82) is 0 Å².